The maximum atomic E-state index is 12.2. The molecule has 0 aliphatic carbocycles. The van der Waals surface area contributed by atoms with Crippen molar-refractivity contribution in [2.45, 2.75) is 43.5 Å². The molecule has 1 rings (SSSR count). The molecule has 0 aromatic rings. The summed E-state index contributed by atoms with van der Waals surface area (Å²) in [6.45, 7) is 9.50. The Labute approximate surface area is 128 Å². The molecule has 0 spiro atoms. The normalized spacial score (nSPS) is 22.9. The van der Waals surface area contributed by atoms with E-state index in [1.54, 1.807) is 18.4 Å². The molecule has 3 atom stereocenters. The summed E-state index contributed by atoms with van der Waals surface area (Å²) >= 11 is 10.8. The average molecular weight is 323 g/mol. The average Bonchev–Trinajstić information content (AvgIpc) is 2.31. The Hall–Kier alpha value is -0.130. The van der Waals surface area contributed by atoms with Gasteiger partial charge in [0.25, 0.3) is 0 Å². The smallest absolute Gasteiger partial charge is 0.137 e. The fourth-order valence-electron chi connectivity index (χ4n) is 1.45. The highest BCUT2D eigenvalue weighted by atomic mass is 35.5. The summed E-state index contributed by atoms with van der Waals surface area (Å²) in [5.74, 6) is 0. The quantitative estimate of drug-likeness (QED) is 0.354. The lowest BCUT2D eigenvalue weighted by Crippen LogP contribution is -2.45. The van der Waals surface area contributed by atoms with Crippen LogP contribution in [-0.2, 0) is 11.4 Å². The number of hydrogen-bond acceptors (Lipinski definition) is 3. The van der Waals surface area contributed by atoms with E-state index in [2.05, 4.69) is 16.6 Å². The maximum absolute atomic E-state index is 12.2. The highest BCUT2D eigenvalue weighted by Crippen LogP contribution is 2.24. The molecule has 2 unspecified atom stereocenters. The minimum Gasteiger partial charge on any atom is -0.598 e. The van der Waals surface area contributed by atoms with Gasteiger partial charge < -0.3 is 9.87 Å². The van der Waals surface area contributed by atoms with Crippen molar-refractivity contribution in [3.05, 3.63) is 35.5 Å². The summed E-state index contributed by atoms with van der Waals surface area (Å²) < 4.78 is 15.0. The number of halogens is 2. The van der Waals surface area contributed by atoms with Crippen molar-refractivity contribution in [2.24, 2.45) is 0 Å². The molecule has 0 aromatic carbocycles. The molecule has 0 aromatic heterocycles. The van der Waals surface area contributed by atoms with Crippen molar-refractivity contribution in [3.63, 3.8) is 0 Å². The van der Waals surface area contributed by atoms with E-state index in [1.807, 2.05) is 20.8 Å². The molecule has 1 aliphatic rings. The second-order valence-electron chi connectivity index (χ2n) is 5.28. The Morgan fingerprint density at radius 2 is 2.26 bits per heavy atom. The van der Waals surface area contributed by atoms with Gasteiger partial charge in [-0.15, -0.1) is 11.3 Å². The van der Waals surface area contributed by atoms with Crippen molar-refractivity contribution in [1.29, 1.82) is 0 Å². The highest BCUT2D eigenvalue weighted by molar-refractivity contribution is 7.90. The number of alkyl halides is 1. The van der Waals surface area contributed by atoms with Gasteiger partial charge in [0.05, 0.1) is 11.1 Å². The minimum absolute atomic E-state index is 0.108. The Balaban J connectivity index is 2.82. The van der Waals surface area contributed by atoms with Gasteiger partial charge >= 0.3 is 0 Å². The molecule has 0 saturated heterocycles. The van der Waals surface area contributed by atoms with Gasteiger partial charge in [0, 0.05) is 17.6 Å². The molecule has 0 amide bonds. The molecule has 3 nitrogen and oxygen atoms in total. The molecule has 0 saturated carbocycles. The Morgan fingerprint density at radius 3 is 2.74 bits per heavy atom. The first-order chi connectivity index (χ1) is 8.75. The van der Waals surface area contributed by atoms with Gasteiger partial charge in [-0.25, -0.2) is 0 Å². The Kier molecular flexibility index (Phi) is 6.27. The van der Waals surface area contributed by atoms with Crippen LogP contribution in [0.15, 0.2) is 35.5 Å². The molecule has 0 radical (unpaired) electrons. The molecule has 2 N–H and O–H groups in total. The van der Waals surface area contributed by atoms with Gasteiger partial charge in [0.15, 0.2) is 0 Å². The molecule has 1 heterocycles. The van der Waals surface area contributed by atoms with Gasteiger partial charge in [0.1, 0.15) is 10.2 Å². The lowest BCUT2D eigenvalue weighted by atomic mass is 10.0. The van der Waals surface area contributed by atoms with Crippen LogP contribution in [0, 0.1) is 0 Å². The second kappa shape index (κ2) is 7.04. The van der Waals surface area contributed by atoms with E-state index >= 15 is 0 Å². The molecule has 19 heavy (non-hydrogen) atoms. The van der Waals surface area contributed by atoms with E-state index in [0.717, 1.165) is 5.57 Å². The summed E-state index contributed by atoms with van der Waals surface area (Å²) in [5, 5.41) is 3.49. The van der Waals surface area contributed by atoms with Crippen LogP contribution in [0.1, 0.15) is 27.2 Å². The van der Waals surface area contributed by atoms with Crippen molar-refractivity contribution >= 4 is 34.6 Å². The first-order valence-corrected chi connectivity index (χ1v) is 7.98. The first-order valence-electron chi connectivity index (χ1n) is 6.02. The van der Waals surface area contributed by atoms with E-state index in [-0.39, 0.29) is 10.8 Å². The summed E-state index contributed by atoms with van der Waals surface area (Å²) in [4.78, 5) is 0. The Morgan fingerprint density at radius 1 is 1.63 bits per heavy atom. The van der Waals surface area contributed by atoms with Gasteiger partial charge in [-0.1, -0.05) is 29.3 Å². The topological polar surface area (TPSA) is 47.1 Å². The second-order valence-corrected chi connectivity index (χ2v) is 8.15. The summed E-state index contributed by atoms with van der Waals surface area (Å²) in [6, 6.07) is -0.108. The van der Waals surface area contributed by atoms with Crippen LogP contribution in [0.4, 0.5) is 0 Å². The number of dihydropyridines is 1. The molecular formula is C13H20Cl2N2OS. The number of nitrogens with one attached hydrogen (secondary N) is 2. The fourth-order valence-corrected chi connectivity index (χ4v) is 2.61. The zero-order chi connectivity index (χ0) is 14.6. The fraction of sp³-hybridized carbons (Fsp3) is 0.538. The van der Waals surface area contributed by atoms with Gasteiger partial charge in [-0.3, -0.25) is 0 Å². The SMILES string of the molecule is C=CC[C@@H](N[S+]([O-])C(C)(C)C)C1=CNC(Cl)C(Cl)=C1. The largest absolute Gasteiger partial charge is 0.598 e. The van der Waals surface area contributed by atoms with Crippen LogP contribution >= 0.6 is 23.2 Å². The number of rotatable bonds is 5. The first kappa shape index (κ1) is 16.9. The van der Waals surface area contributed by atoms with E-state index in [0.29, 0.717) is 11.5 Å². The standard InChI is InChI=1S/C13H20Cl2N2OS/c1-5-6-11(17-19(18)13(2,3)4)9-7-10(14)12(15)16-8-9/h5,7-8,11-12,16-17H,1,6H2,2-4H3/t11-,12?,19?/m1/s1. The number of hydrogen-bond donors (Lipinski definition) is 2. The third kappa shape index (κ3) is 5.04. The third-order valence-corrected chi connectivity index (χ3v) is 4.96. The monoisotopic (exact) mass is 322 g/mol. The zero-order valence-electron chi connectivity index (χ0n) is 11.4. The minimum atomic E-state index is -1.16. The molecule has 6 heteroatoms. The van der Waals surface area contributed by atoms with Crippen molar-refractivity contribution in [1.82, 2.24) is 10.0 Å². The molecular weight excluding hydrogens is 303 g/mol. The van der Waals surface area contributed by atoms with E-state index in [9.17, 15) is 4.55 Å². The van der Waals surface area contributed by atoms with Crippen LogP contribution in [0.3, 0.4) is 0 Å². The lowest BCUT2D eigenvalue weighted by Gasteiger charge is -2.29. The van der Waals surface area contributed by atoms with Gasteiger partial charge in [-0.05, 0) is 38.8 Å². The van der Waals surface area contributed by atoms with E-state index in [4.69, 9.17) is 23.2 Å². The van der Waals surface area contributed by atoms with Gasteiger partial charge in [0.2, 0.25) is 0 Å². The van der Waals surface area contributed by atoms with Crippen molar-refractivity contribution in [3.8, 4) is 0 Å². The van der Waals surface area contributed by atoms with Crippen LogP contribution in [0.5, 0.6) is 0 Å². The maximum Gasteiger partial charge on any atom is 0.137 e. The van der Waals surface area contributed by atoms with Crippen molar-refractivity contribution in [2.75, 3.05) is 0 Å². The van der Waals surface area contributed by atoms with Gasteiger partial charge in [-0.2, -0.15) is 0 Å². The lowest BCUT2D eigenvalue weighted by molar-refractivity contribution is 0.532. The third-order valence-electron chi connectivity index (χ3n) is 2.55. The van der Waals surface area contributed by atoms with Crippen molar-refractivity contribution < 1.29 is 4.55 Å². The predicted octanol–water partition coefficient (Wildman–Crippen LogP) is 3.16. The molecule has 0 bridgehead atoms. The van der Waals surface area contributed by atoms with E-state index < -0.39 is 16.9 Å². The predicted molar refractivity (Wildman–Crippen MR) is 84.4 cm³/mol. The van der Waals surface area contributed by atoms with Crippen LogP contribution in [0.25, 0.3) is 0 Å². The summed E-state index contributed by atoms with van der Waals surface area (Å²) in [5.41, 5.74) is 0.516. The Bertz CT molecular complexity index is 391. The van der Waals surface area contributed by atoms with Crippen LogP contribution < -0.4 is 10.0 Å². The molecule has 108 valence electrons. The van der Waals surface area contributed by atoms with Crippen LogP contribution in [-0.4, -0.2) is 20.8 Å². The zero-order valence-corrected chi connectivity index (χ0v) is 13.7. The van der Waals surface area contributed by atoms with E-state index in [1.165, 1.54) is 0 Å². The highest BCUT2D eigenvalue weighted by Gasteiger charge is 2.30. The summed E-state index contributed by atoms with van der Waals surface area (Å²) in [7, 11) is 0. The molecule has 0 fully saturated rings. The summed E-state index contributed by atoms with van der Waals surface area (Å²) in [6.07, 6.45) is 6.04. The molecule has 1 aliphatic heterocycles. The van der Waals surface area contributed by atoms with Crippen LogP contribution in [0.2, 0.25) is 0 Å².